The van der Waals surface area contributed by atoms with Crippen molar-refractivity contribution in [2.45, 2.75) is 315 Å². The first kappa shape index (κ1) is 61.4. The first-order chi connectivity index (χ1) is 31.2. The number of carbonyl (C=O) groups is 1. The molecule has 0 saturated carbocycles. The van der Waals surface area contributed by atoms with Crippen LogP contribution in [-0.2, 0) is 4.79 Å². The molecule has 1 amide bonds. The molecule has 63 heavy (non-hydrogen) atoms. The number of rotatable bonds is 52. The van der Waals surface area contributed by atoms with Gasteiger partial charge in [-0.3, -0.25) is 4.79 Å². The summed E-state index contributed by atoms with van der Waals surface area (Å²) in [5.41, 5.74) is 0. The summed E-state index contributed by atoms with van der Waals surface area (Å²) >= 11 is 0. The van der Waals surface area contributed by atoms with Gasteiger partial charge in [-0.15, -0.1) is 0 Å². The minimum atomic E-state index is -0.869. The molecule has 2 unspecified atom stereocenters. The van der Waals surface area contributed by atoms with Gasteiger partial charge in [-0.05, 0) is 70.6 Å². The van der Waals surface area contributed by atoms with Gasteiger partial charge in [-0.2, -0.15) is 0 Å². The summed E-state index contributed by atoms with van der Waals surface area (Å²) in [6.45, 7) is 4.29. The second-order valence-corrected chi connectivity index (χ2v) is 19.3. The van der Waals surface area contributed by atoms with Crippen molar-refractivity contribution in [2.75, 3.05) is 6.61 Å². The van der Waals surface area contributed by atoms with Crippen LogP contribution in [0.5, 0.6) is 0 Å². The van der Waals surface area contributed by atoms with Crippen molar-refractivity contribution in [3.8, 4) is 0 Å². The molecule has 0 aliphatic carbocycles. The van der Waals surface area contributed by atoms with Crippen molar-refractivity contribution >= 4 is 5.91 Å². The van der Waals surface area contributed by atoms with Crippen molar-refractivity contribution < 1.29 is 15.0 Å². The van der Waals surface area contributed by atoms with E-state index >= 15 is 0 Å². The summed E-state index contributed by atoms with van der Waals surface area (Å²) in [5.74, 6) is -0.0755. The molecule has 0 bridgehead atoms. The van der Waals surface area contributed by atoms with Gasteiger partial charge in [0.1, 0.15) is 0 Å². The first-order valence-electron chi connectivity index (χ1n) is 28.4. The fourth-order valence-corrected chi connectivity index (χ4v) is 8.68. The number of amides is 1. The monoisotopic (exact) mass is 882 g/mol. The van der Waals surface area contributed by atoms with Gasteiger partial charge in [0.2, 0.25) is 5.91 Å². The maximum absolute atomic E-state index is 12.4. The van der Waals surface area contributed by atoms with Crippen molar-refractivity contribution in [3.63, 3.8) is 0 Å². The SMILES string of the molecule is CCCCCC/C=C/CC/C=C/CC/C=C/C(O)C(CO)NC(=O)CCCCCCCCCCCCCCCCCCC/C=C\CCCCCCCCCCCCCCCCCC. The molecule has 3 N–H and O–H groups in total. The molecule has 0 radical (unpaired) electrons. The normalized spacial score (nSPS) is 13.1. The second-order valence-electron chi connectivity index (χ2n) is 19.3. The van der Waals surface area contributed by atoms with Crippen LogP contribution in [0.2, 0.25) is 0 Å². The van der Waals surface area contributed by atoms with E-state index in [-0.39, 0.29) is 12.5 Å². The van der Waals surface area contributed by atoms with Crippen LogP contribution in [0.4, 0.5) is 0 Å². The van der Waals surface area contributed by atoms with Gasteiger partial charge >= 0.3 is 0 Å². The average Bonchev–Trinajstić information content (AvgIpc) is 3.29. The van der Waals surface area contributed by atoms with E-state index in [2.05, 4.69) is 55.6 Å². The Balaban J connectivity index is 3.42. The Hall–Kier alpha value is -1.65. The van der Waals surface area contributed by atoms with Crippen molar-refractivity contribution in [1.82, 2.24) is 5.32 Å². The van der Waals surface area contributed by atoms with Crippen LogP contribution < -0.4 is 5.32 Å². The first-order valence-corrected chi connectivity index (χ1v) is 28.4. The van der Waals surface area contributed by atoms with E-state index in [0.29, 0.717) is 6.42 Å². The predicted octanol–water partition coefficient (Wildman–Crippen LogP) is 18.6. The molecule has 0 rings (SSSR count). The molecule has 2 atom stereocenters. The molecule has 370 valence electrons. The summed E-state index contributed by atoms with van der Waals surface area (Å²) in [6, 6.07) is -0.645. The Morgan fingerprint density at radius 1 is 0.365 bits per heavy atom. The molecule has 0 saturated heterocycles. The Bertz CT molecular complexity index is 1000. The highest BCUT2D eigenvalue weighted by molar-refractivity contribution is 5.76. The molecule has 0 aromatic carbocycles. The summed E-state index contributed by atoms with van der Waals surface area (Å²) in [4.78, 5) is 12.4. The Morgan fingerprint density at radius 3 is 0.937 bits per heavy atom. The number of hydrogen-bond donors (Lipinski definition) is 3. The summed E-state index contributed by atoms with van der Waals surface area (Å²) < 4.78 is 0. The van der Waals surface area contributed by atoms with Gasteiger partial charge in [-0.25, -0.2) is 0 Å². The predicted molar refractivity (Wildman–Crippen MR) is 281 cm³/mol. The zero-order valence-electron chi connectivity index (χ0n) is 42.6. The van der Waals surface area contributed by atoms with E-state index in [0.717, 1.165) is 38.5 Å². The molecule has 0 aliphatic heterocycles. The van der Waals surface area contributed by atoms with Gasteiger partial charge < -0.3 is 15.5 Å². The van der Waals surface area contributed by atoms with Crippen molar-refractivity contribution in [3.05, 3.63) is 48.6 Å². The number of hydrogen-bond acceptors (Lipinski definition) is 3. The second kappa shape index (κ2) is 54.7. The van der Waals surface area contributed by atoms with Crippen LogP contribution in [0, 0.1) is 0 Å². The van der Waals surface area contributed by atoms with Gasteiger partial charge in [0.05, 0.1) is 18.8 Å². The lowest BCUT2D eigenvalue weighted by Gasteiger charge is -2.19. The number of nitrogens with one attached hydrogen (secondary N) is 1. The molecule has 0 aromatic heterocycles. The summed E-state index contributed by atoms with van der Waals surface area (Å²) in [7, 11) is 0. The quantitative estimate of drug-likeness (QED) is 0.0421. The zero-order chi connectivity index (χ0) is 45.6. The van der Waals surface area contributed by atoms with Crippen LogP contribution in [0.15, 0.2) is 48.6 Å². The molecule has 0 spiro atoms. The van der Waals surface area contributed by atoms with Crippen LogP contribution in [-0.4, -0.2) is 34.9 Å². The van der Waals surface area contributed by atoms with E-state index in [1.807, 2.05) is 6.08 Å². The van der Waals surface area contributed by atoms with E-state index in [1.54, 1.807) is 6.08 Å². The molecule has 0 heterocycles. The smallest absolute Gasteiger partial charge is 0.220 e. The maximum Gasteiger partial charge on any atom is 0.220 e. The molecule has 0 aliphatic rings. The zero-order valence-corrected chi connectivity index (χ0v) is 42.6. The largest absolute Gasteiger partial charge is 0.394 e. The van der Waals surface area contributed by atoms with Crippen LogP contribution in [0.25, 0.3) is 0 Å². The average molecular weight is 883 g/mol. The highest BCUT2D eigenvalue weighted by atomic mass is 16.3. The standard InChI is InChI=1S/C59H111NO3/c1-3-5-7-9-11-13-15-17-19-20-21-22-23-24-25-26-27-28-29-30-31-32-33-34-35-36-37-38-39-40-41-43-45-47-49-51-53-55-59(63)60-57(56-61)58(62)54-52-50-48-46-44-42-18-16-14-12-10-8-6-4-2/h14,16,28-29,44,46,52,54,57-58,61-62H,3-13,15,17-27,30-43,45,47-51,53,55-56H2,1-2H3,(H,60,63)/b16-14+,29-28-,46-44+,54-52+. The fourth-order valence-electron chi connectivity index (χ4n) is 8.68. The van der Waals surface area contributed by atoms with Crippen molar-refractivity contribution in [1.29, 1.82) is 0 Å². The van der Waals surface area contributed by atoms with Gasteiger partial charge in [0.25, 0.3) is 0 Å². The van der Waals surface area contributed by atoms with Crippen molar-refractivity contribution in [2.24, 2.45) is 0 Å². The molecular formula is C59H111NO3. The number of carbonyl (C=O) groups excluding carboxylic acids is 1. The van der Waals surface area contributed by atoms with Crippen LogP contribution >= 0.6 is 0 Å². The third kappa shape index (κ3) is 51.2. The molecular weight excluding hydrogens is 771 g/mol. The summed E-state index contributed by atoms with van der Waals surface area (Å²) in [5, 5.41) is 23.0. The fraction of sp³-hybridized carbons (Fsp3) is 0.847. The van der Waals surface area contributed by atoms with Crippen LogP contribution in [0.1, 0.15) is 303 Å². The third-order valence-corrected chi connectivity index (χ3v) is 13.0. The Morgan fingerprint density at radius 2 is 0.619 bits per heavy atom. The lowest BCUT2D eigenvalue weighted by Crippen LogP contribution is -2.45. The van der Waals surface area contributed by atoms with E-state index in [1.165, 1.54) is 244 Å². The number of unbranched alkanes of at least 4 members (excludes halogenated alkanes) is 39. The number of aliphatic hydroxyl groups is 2. The van der Waals surface area contributed by atoms with E-state index < -0.39 is 12.1 Å². The molecule has 4 heteroatoms. The topological polar surface area (TPSA) is 69.6 Å². The number of aliphatic hydroxyl groups excluding tert-OH is 2. The van der Waals surface area contributed by atoms with Gasteiger partial charge in [0.15, 0.2) is 0 Å². The molecule has 4 nitrogen and oxygen atoms in total. The lowest BCUT2D eigenvalue weighted by molar-refractivity contribution is -0.123. The lowest BCUT2D eigenvalue weighted by atomic mass is 10.0. The Kier molecular flexibility index (Phi) is 53.3. The minimum Gasteiger partial charge on any atom is -0.394 e. The molecule has 0 fully saturated rings. The van der Waals surface area contributed by atoms with Gasteiger partial charge in [0, 0.05) is 6.42 Å². The highest BCUT2D eigenvalue weighted by Gasteiger charge is 2.18. The Labute approximate surface area is 394 Å². The molecule has 0 aromatic rings. The maximum atomic E-state index is 12.4. The van der Waals surface area contributed by atoms with E-state index in [4.69, 9.17) is 0 Å². The minimum absolute atomic E-state index is 0.0755. The highest BCUT2D eigenvalue weighted by Crippen LogP contribution is 2.17. The third-order valence-electron chi connectivity index (χ3n) is 13.0. The van der Waals surface area contributed by atoms with E-state index in [9.17, 15) is 15.0 Å². The number of allylic oxidation sites excluding steroid dienone is 7. The summed E-state index contributed by atoms with van der Waals surface area (Å²) in [6.07, 6.45) is 75.8. The van der Waals surface area contributed by atoms with Gasteiger partial charge in [-0.1, -0.05) is 274 Å². The van der Waals surface area contributed by atoms with Crippen LogP contribution in [0.3, 0.4) is 0 Å².